The first-order valence-corrected chi connectivity index (χ1v) is 7.42. The number of nitrogens with two attached hydrogens (primary N) is 1. The Balaban J connectivity index is 0.000000412. The summed E-state index contributed by atoms with van der Waals surface area (Å²) in [6, 6.07) is -0.921. The number of amides is 2. The van der Waals surface area contributed by atoms with Crippen LogP contribution in [0.3, 0.4) is 0 Å². The minimum absolute atomic E-state index is 0.148. The molecule has 0 aliphatic carbocycles. The first-order valence-electron chi connectivity index (χ1n) is 7.42. The van der Waals surface area contributed by atoms with Gasteiger partial charge >= 0.3 is 12.1 Å². The van der Waals surface area contributed by atoms with Gasteiger partial charge in [0.1, 0.15) is 6.10 Å². The third kappa shape index (κ3) is 6.05. The molecule has 3 atom stereocenters. The van der Waals surface area contributed by atoms with Crippen molar-refractivity contribution < 1.29 is 46.5 Å². The van der Waals surface area contributed by atoms with E-state index in [2.05, 4.69) is 5.32 Å². The van der Waals surface area contributed by atoms with E-state index in [0.29, 0.717) is 13.0 Å². The molecule has 2 fully saturated rings. The second kappa shape index (κ2) is 8.12. The summed E-state index contributed by atoms with van der Waals surface area (Å²) in [5.41, 5.74) is 5.68. The quantitative estimate of drug-likeness (QED) is 0.469. The van der Waals surface area contributed by atoms with Crippen LogP contribution in [-0.4, -0.2) is 76.8 Å². The molecule has 2 saturated heterocycles. The van der Waals surface area contributed by atoms with Crippen LogP contribution in [0.25, 0.3) is 0 Å². The number of carboxylic acids is 1. The number of aliphatic carboxylic acids is 1. The SMILES string of the molecule is N[C@@H](C[C@@H]1CCNC1=O)C(O)C(=O)N1CC(F)(F)C1.O=C(O)C(F)(F)F. The predicted molar refractivity (Wildman–Crippen MR) is 74.9 cm³/mol. The maximum atomic E-state index is 12.6. The van der Waals surface area contributed by atoms with Crippen molar-refractivity contribution in [2.75, 3.05) is 19.6 Å². The summed E-state index contributed by atoms with van der Waals surface area (Å²) < 4.78 is 57.0. The standard InChI is InChI=1S/C11H17F2N3O3.C2HF3O2/c12-11(13)4-16(5-11)10(19)8(17)7(14)3-6-1-2-15-9(6)18;3-2(4,5)1(6)7/h6-8,17H,1-5,14H2,(H,15,18);(H,6,7)/t6-,7-,8?;/m0./s1. The zero-order valence-electron chi connectivity index (χ0n) is 13.3. The number of rotatable bonds is 4. The van der Waals surface area contributed by atoms with E-state index in [4.69, 9.17) is 15.6 Å². The van der Waals surface area contributed by atoms with E-state index < -0.39 is 49.2 Å². The predicted octanol–water partition coefficient (Wildman–Crippen LogP) is -0.688. The smallest absolute Gasteiger partial charge is 0.475 e. The van der Waals surface area contributed by atoms with Crippen molar-refractivity contribution in [3.05, 3.63) is 0 Å². The Kier molecular flexibility index (Phi) is 6.88. The molecule has 1 unspecified atom stereocenters. The third-order valence-corrected chi connectivity index (χ3v) is 3.78. The molecular formula is C13H18F5N3O5. The van der Waals surface area contributed by atoms with Crippen molar-refractivity contribution in [3.63, 3.8) is 0 Å². The van der Waals surface area contributed by atoms with Gasteiger partial charge in [-0.1, -0.05) is 0 Å². The number of nitrogens with zero attached hydrogens (tertiary/aromatic N) is 1. The van der Waals surface area contributed by atoms with Gasteiger partial charge in [0.2, 0.25) is 5.91 Å². The maximum Gasteiger partial charge on any atom is 0.490 e. The summed E-state index contributed by atoms with van der Waals surface area (Å²) in [4.78, 5) is 32.8. The van der Waals surface area contributed by atoms with Crippen LogP contribution in [0, 0.1) is 5.92 Å². The average Bonchev–Trinajstić information content (AvgIpc) is 2.88. The van der Waals surface area contributed by atoms with Gasteiger partial charge in [-0.25, -0.2) is 13.6 Å². The minimum Gasteiger partial charge on any atom is -0.475 e. The van der Waals surface area contributed by atoms with Crippen molar-refractivity contribution >= 4 is 17.8 Å². The van der Waals surface area contributed by atoms with Crippen molar-refractivity contribution in [1.29, 1.82) is 0 Å². The highest BCUT2D eigenvalue weighted by Crippen LogP contribution is 2.27. The number of aliphatic hydroxyl groups excluding tert-OH is 1. The van der Waals surface area contributed by atoms with Gasteiger partial charge < -0.3 is 26.2 Å². The number of carbonyl (C=O) groups is 3. The lowest BCUT2D eigenvalue weighted by Gasteiger charge is -2.40. The third-order valence-electron chi connectivity index (χ3n) is 3.78. The molecule has 150 valence electrons. The van der Waals surface area contributed by atoms with Gasteiger partial charge in [0, 0.05) is 18.5 Å². The van der Waals surface area contributed by atoms with Crippen LogP contribution in [0.15, 0.2) is 0 Å². The Morgan fingerprint density at radius 1 is 1.35 bits per heavy atom. The van der Waals surface area contributed by atoms with E-state index in [9.17, 15) is 36.6 Å². The molecule has 2 heterocycles. The van der Waals surface area contributed by atoms with Crippen LogP contribution in [-0.2, 0) is 14.4 Å². The van der Waals surface area contributed by atoms with Gasteiger partial charge in [-0.2, -0.15) is 13.2 Å². The average molecular weight is 391 g/mol. The molecule has 0 spiro atoms. The van der Waals surface area contributed by atoms with Crippen LogP contribution in [0.4, 0.5) is 22.0 Å². The van der Waals surface area contributed by atoms with E-state index in [0.717, 1.165) is 4.90 Å². The Morgan fingerprint density at radius 2 is 1.85 bits per heavy atom. The Labute approximate surface area is 144 Å². The van der Waals surface area contributed by atoms with E-state index in [1.807, 2.05) is 0 Å². The fourth-order valence-corrected chi connectivity index (χ4v) is 2.37. The van der Waals surface area contributed by atoms with Crippen LogP contribution >= 0.6 is 0 Å². The van der Waals surface area contributed by atoms with Crippen LogP contribution < -0.4 is 11.1 Å². The summed E-state index contributed by atoms with van der Waals surface area (Å²) in [7, 11) is 0. The molecule has 0 bridgehead atoms. The lowest BCUT2D eigenvalue weighted by molar-refractivity contribution is -0.192. The number of likely N-dealkylation sites (tertiary alicyclic amines) is 1. The van der Waals surface area contributed by atoms with Crippen molar-refractivity contribution in [1.82, 2.24) is 10.2 Å². The minimum atomic E-state index is -5.08. The van der Waals surface area contributed by atoms with Gasteiger partial charge in [0.25, 0.3) is 11.8 Å². The number of nitrogens with one attached hydrogen (secondary N) is 1. The van der Waals surface area contributed by atoms with Crippen LogP contribution in [0.2, 0.25) is 0 Å². The molecule has 2 amide bonds. The van der Waals surface area contributed by atoms with Gasteiger partial charge in [0.15, 0.2) is 0 Å². The molecule has 0 aromatic heterocycles. The van der Waals surface area contributed by atoms with Crippen molar-refractivity contribution in [3.8, 4) is 0 Å². The molecular weight excluding hydrogens is 373 g/mol. The fourth-order valence-electron chi connectivity index (χ4n) is 2.37. The summed E-state index contributed by atoms with van der Waals surface area (Å²) >= 11 is 0. The number of carbonyl (C=O) groups excluding carboxylic acids is 2. The van der Waals surface area contributed by atoms with Crippen molar-refractivity contribution in [2.45, 2.75) is 37.1 Å². The van der Waals surface area contributed by atoms with Gasteiger partial charge in [0.05, 0.1) is 13.1 Å². The lowest BCUT2D eigenvalue weighted by atomic mass is 9.94. The maximum absolute atomic E-state index is 12.6. The molecule has 13 heteroatoms. The summed E-state index contributed by atoms with van der Waals surface area (Å²) in [6.07, 6.45) is -5.84. The Hall–Kier alpha value is -2.02. The molecule has 2 aliphatic heterocycles. The lowest BCUT2D eigenvalue weighted by Crippen LogP contribution is -2.62. The van der Waals surface area contributed by atoms with Crippen LogP contribution in [0.1, 0.15) is 12.8 Å². The molecule has 0 aromatic carbocycles. The fraction of sp³-hybridized carbons (Fsp3) is 0.769. The largest absolute Gasteiger partial charge is 0.490 e. The highest BCUT2D eigenvalue weighted by Gasteiger charge is 2.48. The summed E-state index contributed by atoms with van der Waals surface area (Å²) in [5.74, 6) is -6.89. The molecule has 8 nitrogen and oxygen atoms in total. The normalized spacial score (nSPS) is 23.9. The molecule has 2 rings (SSSR count). The van der Waals surface area contributed by atoms with E-state index in [1.54, 1.807) is 0 Å². The molecule has 0 radical (unpaired) electrons. The Bertz CT molecular complexity index is 549. The second-order valence-corrected chi connectivity index (χ2v) is 5.97. The zero-order chi connectivity index (χ0) is 20.3. The van der Waals surface area contributed by atoms with E-state index in [-0.39, 0.29) is 18.2 Å². The monoisotopic (exact) mass is 391 g/mol. The zero-order valence-corrected chi connectivity index (χ0v) is 13.3. The van der Waals surface area contributed by atoms with Gasteiger partial charge in [-0.3, -0.25) is 9.59 Å². The summed E-state index contributed by atoms with van der Waals surface area (Å²) in [6.45, 7) is -0.808. The summed E-state index contributed by atoms with van der Waals surface area (Å²) in [5, 5.41) is 19.5. The Morgan fingerprint density at radius 3 is 2.19 bits per heavy atom. The number of hydrogen-bond donors (Lipinski definition) is 4. The van der Waals surface area contributed by atoms with Crippen molar-refractivity contribution in [2.24, 2.45) is 11.7 Å². The highest BCUT2D eigenvalue weighted by atomic mass is 19.4. The highest BCUT2D eigenvalue weighted by molar-refractivity contribution is 5.83. The molecule has 26 heavy (non-hydrogen) atoms. The molecule has 0 saturated carbocycles. The van der Waals surface area contributed by atoms with Gasteiger partial charge in [-0.15, -0.1) is 0 Å². The number of alkyl halides is 5. The van der Waals surface area contributed by atoms with Gasteiger partial charge in [-0.05, 0) is 12.8 Å². The topological polar surface area (TPSA) is 133 Å². The number of hydrogen-bond acceptors (Lipinski definition) is 5. The van der Waals surface area contributed by atoms with E-state index >= 15 is 0 Å². The number of halogens is 5. The molecule has 2 aliphatic rings. The van der Waals surface area contributed by atoms with Crippen LogP contribution in [0.5, 0.6) is 0 Å². The number of carboxylic acid groups (broad SMARTS) is 1. The van der Waals surface area contributed by atoms with E-state index in [1.165, 1.54) is 0 Å². The second-order valence-electron chi connectivity index (χ2n) is 5.97. The first-order chi connectivity index (χ1) is 11.7. The first kappa shape index (κ1) is 22.0. The number of aliphatic hydroxyl groups is 1. The molecule has 0 aromatic rings. The molecule has 5 N–H and O–H groups in total.